The summed E-state index contributed by atoms with van der Waals surface area (Å²) in [6.07, 6.45) is 6.77. The molecule has 5 aromatic rings. The zero-order chi connectivity index (χ0) is 27.0. The van der Waals surface area contributed by atoms with E-state index < -0.39 is 5.97 Å². The maximum absolute atomic E-state index is 13.4. The topological polar surface area (TPSA) is 66.0 Å². The average Bonchev–Trinajstić information content (AvgIpc) is 3.61. The summed E-state index contributed by atoms with van der Waals surface area (Å²) in [6, 6.07) is 9.37. The number of rotatable bonds is 9. The van der Waals surface area contributed by atoms with Crippen molar-refractivity contribution in [1.82, 2.24) is 19.4 Å². The van der Waals surface area contributed by atoms with E-state index in [2.05, 4.69) is 28.7 Å². The minimum atomic E-state index is -0.397. The molecule has 0 saturated heterocycles. The van der Waals surface area contributed by atoms with Crippen LogP contribution in [-0.4, -0.2) is 52.1 Å². The number of aromatic nitrogens is 3. The Morgan fingerprint density at radius 2 is 1.61 bits per heavy atom. The number of hydrogen-bond donors (Lipinski definition) is 2. The summed E-state index contributed by atoms with van der Waals surface area (Å²) in [4.78, 5) is 22.4. The Morgan fingerprint density at radius 1 is 0.921 bits per heavy atom. The Balaban J connectivity index is 1.76. The predicted octanol–water partition coefficient (Wildman–Crippen LogP) is 8.26. The van der Waals surface area contributed by atoms with E-state index in [4.69, 9.17) is 39.5 Å². The van der Waals surface area contributed by atoms with Crippen LogP contribution in [0.25, 0.3) is 44.1 Å². The molecule has 0 bridgehead atoms. The number of benzene rings is 2. The first-order valence-corrected chi connectivity index (χ1v) is 13.8. The molecule has 6 nitrogen and oxygen atoms in total. The normalized spacial score (nSPS) is 11.8. The average molecular weight is 572 g/mol. The Hall–Kier alpha value is -2.90. The van der Waals surface area contributed by atoms with Gasteiger partial charge in [-0.05, 0) is 56.4 Å². The highest BCUT2D eigenvalue weighted by atomic mass is 35.5. The van der Waals surface area contributed by atoms with E-state index in [0.29, 0.717) is 27.3 Å². The molecular formula is C29H29Cl3N4O2. The summed E-state index contributed by atoms with van der Waals surface area (Å²) in [5.74, 6) is -0.397. The van der Waals surface area contributed by atoms with E-state index in [1.807, 2.05) is 53.5 Å². The van der Waals surface area contributed by atoms with Gasteiger partial charge in [0, 0.05) is 74.2 Å². The van der Waals surface area contributed by atoms with Crippen LogP contribution < -0.4 is 0 Å². The number of hydrogen-bond acceptors (Lipinski definition) is 3. The van der Waals surface area contributed by atoms with E-state index in [1.165, 1.54) is 7.11 Å². The molecule has 3 heterocycles. The smallest absolute Gasteiger partial charge is 0.355 e. The Labute approximate surface area is 236 Å². The van der Waals surface area contributed by atoms with Crippen LogP contribution in [-0.2, 0) is 11.3 Å². The van der Waals surface area contributed by atoms with Crippen molar-refractivity contribution in [2.45, 2.75) is 26.8 Å². The van der Waals surface area contributed by atoms with E-state index >= 15 is 0 Å². The molecular weight excluding hydrogens is 543 g/mol. The summed E-state index contributed by atoms with van der Waals surface area (Å²) in [7, 11) is 1.42. The van der Waals surface area contributed by atoms with Crippen molar-refractivity contribution < 1.29 is 9.53 Å². The minimum absolute atomic E-state index is 0.397. The van der Waals surface area contributed by atoms with E-state index in [1.54, 1.807) is 0 Å². The number of carbonyl (C=O) groups excluding carboxylic acids is 1. The molecule has 3 aromatic heterocycles. The van der Waals surface area contributed by atoms with Gasteiger partial charge in [0.05, 0.1) is 17.2 Å². The number of aryl methyl sites for hydroxylation is 1. The number of H-pyrrole nitrogens is 2. The second kappa shape index (κ2) is 11.1. The lowest BCUT2D eigenvalue weighted by atomic mass is 9.96. The summed E-state index contributed by atoms with van der Waals surface area (Å²) in [5, 5.41) is 3.39. The number of nitrogens with zero attached hydrogens (tertiary/aromatic N) is 2. The SMILES string of the molecule is CCN(CC)CCCn1cc(-c2c[nH]c3cc(Cl)c(Cl)cc23)c(-c2c[nH]c3ccc(Cl)cc23)c1C(=O)OC. The van der Waals surface area contributed by atoms with Crippen LogP contribution in [0.2, 0.25) is 15.1 Å². The third-order valence-corrected chi connectivity index (χ3v) is 8.11. The molecule has 38 heavy (non-hydrogen) atoms. The third kappa shape index (κ3) is 4.82. The highest BCUT2D eigenvalue weighted by Gasteiger charge is 2.27. The third-order valence-electron chi connectivity index (χ3n) is 7.15. The van der Waals surface area contributed by atoms with Crippen molar-refractivity contribution in [2.75, 3.05) is 26.7 Å². The first kappa shape index (κ1) is 26.7. The molecule has 198 valence electrons. The van der Waals surface area contributed by atoms with Gasteiger partial charge >= 0.3 is 5.97 Å². The number of esters is 1. The van der Waals surface area contributed by atoms with Gasteiger partial charge < -0.3 is 24.2 Å². The van der Waals surface area contributed by atoms with Crippen molar-refractivity contribution >= 4 is 62.6 Å². The lowest BCUT2D eigenvalue weighted by Crippen LogP contribution is -2.25. The second-order valence-electron chi connectivity index (χ2n) is 9.24. The number of methoxy groups -OCH3 is 1. The van der Waals surface area contributed by atoms with Crippen LogP contribution >= 0.6 is 34.8 Å². The largest absolute Gasteiger partial charge is 0.464 e. The minimum Gasteiger partial charge on any atom is -0.464 e. The molecule has 0 unspecified atom stereocenters. The molecule has 0 aliphatic heterocycles. The summed E-state index contributed by atoms with van der Waals surface area (Å²) in [6.45, 7) is 7.87. The van der Waals surface area contributed by atoms with Crippen molar-refractivity contribution in [3.63, 3.8) is 0 Å². The first-order chi connectivity index (χ1) is 18.4. The molecule has 2 N–H and O–H groups in total. The Morgan fingerprint density at radius 3 is 2.34 bits per heavy atom. The van der Waals surface area contributed by atoms with Gasteiger partial charge in [0.2, 0.25) is 0 Å². The van der Waals surface area contributed by atoms with Gasteiger partial charge in [-0.15, -0.1) is 0 Å². The van der Waals surface area contributed by atoms with Gasteiger partial charge in [0.15, 0.2) is 0 Å². The van der Waals surface area contributed by atoms with E-state index in [9.17, 15) is 4.79 Å². The van der Waals surface area contributed by atoms with Crippen molar-refractivity contribution in [3.8, 4) is 22.3 Å². The first-order valence-electron chi connectivity index (χ1n) is 12.6. The Kier molecular flexibility index (Phi) is 7.78. The zero-order valence-electron chi connectivity index (χ0n) is 21.5. The fourth-order valence-corrected chi connectivity index (χ4v) is 5.67. The van der Waals surface area contributed by atoms with Gasteiger partial charge in [0.1, 0.15) is 5.69 Å². The van der Waals surface area contributed by atoms with Crippen molar-refractivity contribution in [1.29, 1.82) is 0 Å². The van der Waals surface area contributed by atoms with Crippen LogP contribution in [0.4, 0.5) is 0 Å². The lowest BCUT2D eigenvalue weighted by Gasteiger charge is -2.18. The molecule has 0 aliphatic carbocycles. The summed E-state index contributed by atoms with van der Waals surface area (Å²) in [5.41, 5.74) is 5.73. The fraction of sp³-hybridized carbons (Fsp3) is 0.276. The summed E-state index contributed by atoms with van der Waals surface area (Å²) < 4.78 is 7.34. The van der Waals surface area contributed by atoms with Crippen LogP contribution in [0.3, 0.4) is 0 Å². The molecule has 0 spiro atoms. The van der Waals surface area contributed by atoms with Crippen LogP contribution in [0, 0.1) is 0 Å². The van der Waals surface area contributed by atoms with Crippen LogP contribution in [0.5, 0.6) is 0 Å². The van der Waals surface area contributed by atoms with E-state index in [0.717, 1.165) is 70.1 Å². The molecule has 0 saturated carbocycles. The molecule has 2 aromatic carbocycles. The monoisotopic (exact) mass is 570 g/mol. The molecule has 9 heteroatoms. The standard InChI is InChI=1S/C29H29Cl3N4O2/c1-4-35(5-2)9-6-10-36-16-22(20-14-34-26-13-24(32)23(31)12-19(20)26)27(28(36)29(37)38-3)21-15-33-25-8-7-17(30)11-18(21)25/h7-8,11-16,33-34H,4-6,9-10H2,1-3H3. The van der Waals surface area contributed by atoms with Gasteiger partial charge in [-0.1, -0.05) is 48.7 Å². The van der Waals surface area contributed by atoms with Crippen LogP contribution in [0.15, 0.2) is 48.9 Å². The lowest BCUT2D eigenvalue weighted by molar-refractivity contribution is 0.0589. The van der Waals surface area contributed by atoms with Gasteiger partial charge in [-0.25, -0.2) is 4.79 Å². The van der Waals surface area contributed by atoms with Crippen LogP contribution in [0.1, 0.15) is 30.8 Å². The second-order valence-corrected chi connectivity index (χ2v) is 10.5. The molecule has 0 fully saturated rings. The molecule has 0 radical (unpaired) electrons. The van der Waals surface area contributed by atoms with Gasteiger partial charge in [-0.2, -0.15) is 0 Å². The number of halogens is 3. The highest BCUT2D eigenvalue weighted by molar-refractivity contribution is 6.43. The maximum Gasteiger partial charge on any atom is 0.355 e. The predicted molar refractivity (Wildman–Crippen MR) is 158 cm³/mol. The molecule has 5 rings (SSSR count). The number of aromatic amines is 2. The van der Waals surface area contributed by atoms with Crippen molar-refractivity contribution in [2.24, 2.45) is 0 Å². The molecule has 0 aliphatic rings. The highest BCUT2D eigenvalue weighted by Crippen LogP contribution is 2.44. The number of fused-ring (bicyclic) bond motifs is 2. The zero-order valence-corrected chi connectivity index (χ0v) is 23.8. The molecule has 0 amide bonds. The maximum atomic E-state index is 13.4. The molecule has 0 atom stereocenters. The summed E-state index contributed by atoms with van der Waals surface area (Å²) >= 11 is 19.1. The van der Waals surface area contributed by atoms with Gasteiger partial charge in [0.25, 0.3) is 0 Å². The number of ether oxygens (including phenoxy) is 1. The van der Waals surface area contributed by atoms with Crippen molar-refractivity contribution in [3.05, 3.63) is 69.7 Å². The van der Waals surface area contributed by atoms with Gasteiger partial charge in [-0.3, -0.25) is 0 Å². The Bertz CT molecular complexity index is 1630. The van der Waals surface area contributed by atoms with E-state index in [-0.39, 0.29) is 0 Å². The quantitative estimate of drug-likeness (QED) is 0.175. The number of nitrogens with one attached hydrogen (secondary N) is 2. The fourth-order valence-electron chi connectivity index (χ4n) is 5.17. The number of carbonyl (C=O) groups is 1.